The van der Waals surface area contributed by atoms with E-state index in [1.54, 1.807) is 12.1 Å². The Hall–Kier alpha value is -2.67. The fraction of sp³-hybridized carbons (Fsp3) is 0.355. The third kappa shape index (κ3) is 9.22. The molecular weight excluding hydrogens is 391 g/mol. The number of allylic oxidation sites excluding steroid dienone is 5. The van der Waals surface area contributed by atoms with Crippen molar-refractivity contribution >= 4 is 5.57 Å². The first-order valence-electron chi connectivity index (χ1n) is 11.2. The van der Waals surface area contributed by atoms with Crippen molar-refractivity contribution in [1.29, 1.82) is 0 Å². The van der Waals surface area contributed by atoms with E-state index in [1.807, 2.05) is 38.1 Å². The van der Waals surface area contributed by atoms with E-state index in [2.05, 4.69) is 86.4 Å². The van der Waals surface area contributed by atoms with Crippen LogP contribution < -0.4 is 0 Å². The van der Waals surface area contributed by atoms with Gasteiger partial charge in [0.2, 0.25) is 0 Å². The van der Waals surface area contributed by atoms with E-state index < -0.39 is 0 Å². The van der Waals surface area contributed by atoms with Gasteiger partial charge in [0.25, 0.3) is 0 Å². The van der Waals surface area contributed by atoms with Gasteiger partial charge in [-0.3, -0.25) is 0 Å². The van der Waals surface area contributed by atoms with Crippen LogP contribution >= 0.6 is 0 Å². The summed E-state index contributed by atoms with van der Waals surface area (Å²) in [6.07, 6.45) is 5.52. The number of hydrogen-bond donors (Lipinski definition) is 0. The molecule has 0 aromatic heterocycles. The molecule has 0 aliphatic heterocycles. The van der Waals surface area contributed by atoms with Crippen LogP contribution in [0, 0.1) is 19.7 Å². The van der Waals surface area contributed by atoms with E-state index in [9.17, 15) is 4.39 Å². The van der Waals surface area contributed by atoms with Gasteiger partial charge in [-0.2, -0.15) is 0 Å². The summed E-state index contributed by atoms with van der Waals surface area (Å²) >= 11 is 0. The standard InChI is InChI=1S/C17H21F.C12H18.C2H4/c1-6-7-8-13(4)14(5)16-10-9-15(12(2)3)11-17(16)18;1-9-6-7-10(2)11(8-9)12(3,4)5;1-2/h6-12H,1H2,2-5H3;6-8H,1-5H3;1-2H2/b8-7-,14-13+;;. The molecule has 0 saturated heterocycles. The zero-order chi connectivity index (χ0) is 25.1. The second-order valence-corrected chi connectivity index (χ2v) is 9.37. The van der Waals surface area contributed by atoms with E-state index in [0.717, 1.165) is 16.7 Å². The minimum Gasteiger partial charge on any atom is -0.206 e. The van der Waals surface area contributed by atoms with Crippen LogP contribution in [-0.4, -0.2) is 0 Å². The Morgan fingerprint density at radius 1 is 0.969 bits per heavy atom. The van der Waals surface area contributed by atoms with Crippen LogP contribution in [0.15, 0.2) is 79.9 Å². The van der Waals surface area contributed by atoms with Gasteiger partial charge in [-0.05, 0) is 72.9 Å². The molecule has 0 amide bonds. The minimum atomic E-state index is -0.148. The Labute approximate surface area is 197 Å². The molecule has 32 heavy (non-hydrogen) atoms. The molecule has 0 aliphatic carbocycles. The lowest BCUT2D eigenvalue weighted by Gasteiger charge is -2.22. The first-order chi connectivity index (χ1) is 14.9. The molecule has 0 bridgehead atoms. The van der Waals surface area contributed by atoms with Crippen LogP contribution in [-0.2, 0) is 5.41 Å². The van der Waals surface area contributed by atoms with Crippen LogP contribution in [0.1, 0.15) is 82.2 Å². The number of rotatable bonds is 4. The van der Waals surface area contributed by atoms with Crippen molar-refractivity contribution in [2.75, 3.05) is 0 Å². The topological polar surface area (TPSA) is 0 Å². The molecule has 0 N–H and O–H groups in total. The minimum absolute atomic E-state index is 0.148. The predicted molar refractivity (Wildman–Crippen MR) is 144 cm³/mol. The fourth-order valence-electron chi connectivity index (χ4n) is 3.29. The Morgan fingerprint density at radius 2 is 1.56 bits per heavy atom. The van der Waals surface area contributed by atoms with Crippen molar-refractivity contribution in [2.24, 2.45) is 0 Å². The van der Waals surface area contributed by atoms with Gasteiger partial charge in [-0.1, -0.05) is 95.3 Å². The number of benzene rings is 2. The van der Waals surface area contributed by atoms with Crippen LogP contribution in [0.4, 0.5) is 4.39 Å². The quantitative estimate of drug-likeness (QED) is 0.332. The number of halogens is 1. The van der Waals surface area contributed by atoms with Crippen molar-refractivity contribution in [3.8, 4) is 0 Å². The zero-order valence-corrected chi connectivity index (χ0v) is 21.8. The van der Waals surface area contributed by atoms with E-state index in [1.165, 1.54) is 16.7 Å². The van der Waals surface area contributed by atoms with Crippen molar-refractivity contribution < 1.29 is 4.39 Å². The van der Waals surface area contributed by atoms with Gasteiger partial charge in [0.15, 0.2) is 0 Å². The summed E-state index contributed by atoms with van der Waals surface area (Å²) < 4.78 is 14.1. The molecule has 0 fully saturated rings. The molecule has 0 spiro atoms. The summed E-state index contributed by atoms with van der Waals surface area (Å²) in [5, 5.41) is 0. The maximum atomic E-state index is 14.1. The number of hydrogen-bond acceptors (Lipinski definition) is 0. The van der Waals surface area contributed by atoms with E-state index in [-0.39, 0.29) is 11.2 Å². The second-order valence-electron chi connectivity index (χ2n) is 9.37. The highest BCUT2D eigenvalue weighted by Gasteiger charge is 2.15. The normalized spacial score (nSPS) is 11.8. The predicted octanol–water partition coefficient (Wildman–Crippen LogP) is 9.89. The molecule has 0 atom stereocenters. The summed E-state index contributed by atoms with van der Waals surface area (Å²) in [6, 6.07) is 12.2. The molecule has 0 saturated carbocycles. The van der Waals surface area contributed by atoms with E-state index in [4.69, 9.17) is 0 Å². The molecule has 0 nitrogen and oxygen atoms in total. The Kier molecular flexibility index (Phi) is 12.5. The van der Waals surface area contributed by atoms with Gasteiger partial charge >= 0.3 is 0 Å². The summed E-state index contributed by atoms with van der Waals surface area (Å²) in [5.41, 5.74) is 8.19. The Morgan fingerprint density at radius 3 is 2.00 bits per heavy atom. The fourth-order valence-corrected chi connectivity index (χ4v) is 3.29. The largest absolute Gasteiger partial charge is 0.206 e. The first kappa shape index (κ1) is 29.3. The Bertz CT molecular complexity index is 933. The maximum absolute atomic E-state index is 14.1. The molecule has 0 radical (unpaired) electrons. The van der Waals surface area contributed by atoms with E-state index in [0.29, 0.717) is 11.5 Å². The van der Waals surface area contributed by atoms with Gasteiger partial charge in [-0.25, -0.2) is 4.39 Å². The molecule has 0 unspecified atom stereocenters. The maximum Gasteiger partial charge on any atom is 0.130 e. The van der Waals surface area contributed by atoms with Crippen molar-refractivity contribution in [3.05, 3.63) is 114 Å². The summed E-state index contributed by atoms with van der Waals surface area (Å²) in [4.78, 5) is 0. The number of aryl methyl sites for hydroxylation is 2. The highest BCUT2D eigenvalue weighted by atomic mass is 19.1. The monoisotopic (exact) mass is 434 g/mol. The highest BCUT2D eigenvalue weighted by Crippen LogP contribution is 2.26. The average molecular weight is 435 g/mol. The van der Waals surface area contributed by atoms with Crippen molar-refractivity contribution in [1.82, 2.24) is 0 Å². The third-order valence-corrected chi connectivity index (χ3v) is 5.34. The smallest absolute Gasteiger partial charge is 0.130 e. The highest BCUT2D eigenvalue weighted by molar-refractivity contribution is 5.69. The second kappa shape index (κ2) is 13.7. The van der Waals surface area contributed by atoms with Crippen LogP contribution in [0.2, 0.25) is 0 Å². The van der Waals surface area contributed by atoms with Crippen LogP contribution in [0.25, 0.3) is 5.57 Å². The van der Waals surface area contributed by atoms with E-state index >= 15 is 0 Å². The molecule has 1 heteroatoms. The Balaban J connectivity index is 0.000000595. The molecule has 0 heterocycles. The molecule has 0 aliphatic rings. The third-order valence-electron chi connectivity index (χ3n) is 5.34. The molecule has 2 rings (SSSR count). The lowest BCUT2D eigenvalue weighted by atomic mass is 9.83. The molecule has 174 valence electrons. The molecule has 2 aromatic rings. The van der Waals surface area contributed by atoms with Crippen molar-refractivity contribution in [3.63, 3.8) is 0 Å². The zero-order valence-electron chi connectivity index (χ0n) is 21.8. The molecule has 2 aromatic carbocycles. The lowest BCUT2D eigenvalue weighted by Crippen LogP contribution is -2.13. The summed E-state index contributed by atoms with van der Waals surface area (Å²) in [7, 11) is 0. The van der Waals surface area contributed by atoms with Gasteiger partial charge in [0.1, 0.15) is 5.82 Å². The van der Waals surface area contributed by atoms with Crippen LogP contribution in [0.5, 0.6) is 0 Å². The van der Waals surface area contributed by atoms with Crippen molar-refractivity contribution in [2.45, 2.75) is 73.6 Å². The SMILES string of the molecule is C=C.C=C/C=C\C(C)=C(/C)c1ccc(C(C)C)cc1F.Cc1ccc(C)c(C(C)(C)C)c1. The molecular formula is C31H43F. The van der Waals surface area contributed by atoms with Gasteiger partial charge in [0.05, 0.1) is 0 Å². The average Bonchev–Trinajstić information content (AvgIpc) is 2.74. The lowest BCUT2D eigenvalue weighted by molar-refractivity contribution is 0.585. The summed E-state index contributed by atoms with van der Waals surface area (Å²) in [5.74, 6) is 0.199. The van der Waals surface area contributed by atoms with Gasteiger partial charge in [-0.15, -0.1) is 13.2 Å². The van der Waals surface area contributed by atoms with Gasteiger partial charge in [0, 0.05) is 5.56 Å². The summed E-state index contributed by atoms with van der Waals surface area (Å²) in [6.45, 7) is 28.8. The van der Waals surface area contributed by atoms with Crippen LogP contribution in [0.3, 0.4) is 0 Å². The van der Waals surface area contributed by atoms with Gasteiger partial charge < -0.3 is 0 Å². The first-order valence-corrected chi connectivity index (χ1v) is 11.2.